The van der Waals surface area contributed by atoms with E-state index in [-0.39, 0.29) is 0 Å². The summed E-state index contributed by atoms with van der Waals surface area (Å²) < 4.78 is 9.70. The van der Waals surface area contributed by atoms with Gasteiger partial charge in [-0.3, -0.25) is 9.08 Å². The molecular formula is C17H21N7O. The number of nitrogens with zero attached hydrogens (tertiary/aromatic N) is 7. The Labute approximate surface area is 145 Å². The number of likely N-dealkylation sites (N-methyl/N-ethyl adjacent to an activating group) is 1. The summed E-state index contributed by atoms with van der Waals surface area (Å²) in [4.78, 5) is 13.9. The second kappa shape index (κ2) is 5.45. The normalized spacial score (nSPS) is 18.4. The molecule has 2 fully saturated rings. The zero-order valence-corrected chi connectivity index (χ0v) is 14.5. The molecule has 3 aromatic rings. The Bertz CT molecular complexity index is 920. The van der Waals surface area contributed by atoms with Crippen molar-refractivity contribution < 1.29 is 4.74 Å². The third-order valence-corrected chi connectivity index (χ3v) is 5.12. The van der Waals surface area contributed by atoms with Crippen LogP contribution in [0.1, 0.15) is 12.5 Å². The fourth-order valence-corrected chi connectivity index (χ4v) is 3.57. The Balaban J connectivity index is 1.62. The minimum atomic E-state index is 0.441. The van der Waals surface area contributed by atoms with Crippen LogP contribution < -0.4 is 9.64 Å². The second-order valence-corrected chi connectivity index (χ2v) is 6.84. The van der Waals surface area contributed by atoms with Gasteiger partial charge in [0, 0.05) is 50.3 Å². The smallest absolute Gasteiger partial charge is 0.226 e. The molecule has 130 valence electrons. The van der Waals surface area contributed by atoms with E-state index in [1.165, 1.54) is 6.42 Å². The highest BCUT2D eigenvalue weighted by atomic mass is 16.5. The summed E-state index contributed by atoms with van der Waals surface area (Å²) in [5, 5.41) is 4.56. The van der Waals surface area contributed by atoms with Crippen LogP contribution in [0.5, 0.6) is 5.88 Å². The number of ether oxygens (including phenoxy) is 1. The lowest BCUT2D eigenvalue weighted by atomic mass is 10.1. The number of aromatic nitrogens is 5. The molecule has 0 radical (unpaired) electrons. The molecule has 2 aliphatic heterocycles. The zero-order valence-electron chi connectivity index (χ0n) is 14.5. The molecule has 2 aliphatic rings. The number of rotatable bonds is 4. The third kappa shape index (κ3) is 2.21. The van der Waals surface area contributed by atoms with Crippen molar-refractivity contribution >= 4 is 11.5 Å². The first-order valence-electron chi connectivity index (χ1n) is 8.63. The van der Waals surface area contributed by atoms with E-state index in [2.05, 4.69) is 33.1 Å². The zero-order chi connectivity index (χ0) is 17.0. The van der Waals surface area contributed by atoms with Crippen molar-refractivity contribution in [1.29, 1.82) is 0 Å². The van der Waals surface area contributed by atoms with E-state index >= 15 is 0 Å². The Morgan fingerprint density at radius 1 is 1.24 bits per heavy atom. The molecule has 25 heavy (non-hydrogen) atoms. The topological polar surface area (TPSA) is 63.7 Å². The van der Waals surface area contributed by atoms with Crippen LogP contribution in [0.3, 0.4) is 0 Å². The standard InChI is InChI=1S/C17H21N7O/c1-21-10-13(11-21)24-9-12(8-19-24)14-17(25-2)23-7-4-18-15(23)16(20-14)22-5-3-6-22/h4,7-9,13H,3,5-6,10-11H2,1-2H3. The Morgan fingerprint density at radius 2 is 2.08 bits per heavy atom. The van der Waals surface area contributed by atoms with Gasteiger partial charge in [-0.25, -0.2) is 9.97 Å². The maximum Gasteiger partial charge on any atom is 0.226 e. The lowest BCUT2D eigenvalue weighted by Gasteiger charge is -2.36. The van der Waals surface area contributed by atoms with Crippen molar-refractivity contribution in [3.05, 3.63) is 24.8 Å². The molecule has 5 heterocycles. The molecule has 8 heteroatoms. The number of fused-ring (bicyclic) bond motifs is 1. The highest BCUT2D eigenvalue weighted by Crippen LogP contribution is 2.34. The Hall–Kier alpha value is -2.61. The number of likely N-dealkylation sites (tertiary alicyclic amines) is 1. The van der Waals surface area contributed by atoms with E-state index < -0.39 is 0 Å². The van der Waals surface area contributed by atoms with E-state index in [1.54, 1.807) is 13.3 Å². The van der Waals surface area contributed by atoms with Crippen molar-refractivity contribution in [2.24, 2.45) is 0 Å². The lowest BCUT2D eigenvalue weighted by molar-refractivity contribution is 0.130. The first-order valence-corrected chi connectivity index (χ1v) is 8.63. The molecule has 0 spiro atoms. The van der Waals surface area contributed by atoms with Gasteiger partial charge in [0.2, 0.25) is 5.88 Å². The molecule has 0 bridgehead atoms. The van der Waals surface area contributed by atoms with Gasteiger partial charge in [-0.05, 0) is 13.5 Å². The Kier molecular flexibility index (Phi) is 3.21. The van der Waals surface area contributed by atoms with Crippen molar-refractivity contribution in [3.8, 4) is 17.1 Å². The number of hydrogen-bond acceptors (Lipinski definition) is 6. The molecule has 0 unspecified atom stereocenters. The van der Waals surface area contributed by atoms with E-state index in [1.807, 2.05) is 21.5 Å². The van der Waals surface area contributed by atoms with Crippen LogP contribution in [0.15, 0.2) is 24.8 Å². The molecule has 0 aliphatic carbocycles. The maximum atomic E-state index is 5.68. The molecule has 8 nitrogen and oxygen atoms in total. The SMILES string of the molecule is COc1c(-c2cnn(C3CN(C)C3)c2)nc(N2CCC2)c2nccn12. The fourth-order valence-electron chi connectivity index (χ4n) is 3.57. The number of anilines is 1. The predicted molar refractivity (Wildman–Crippen MR) is 94.1 cm³/mol. The molecule has 0 saturated carbocycles. The minimum absolute atomic E-state index is 0.441. The molecular weight excluding hydrogens is 318 g/mol. The molecule has 5 rings (SSSR count). The summed E-state index contributed by atoms with van der Waals surface area (Å²) in [5.41, 5.74) is 2.63. The van der Waals surface area contributed by atoms with Crippen molar-refractivity contribution in [2.75, 3.05) is 45.2 Å². The quantitative estimate of drug-likeness (QED) is 0.714. The van der Waals surface area contributed by atoms with Gasteiger partial charge in [-0.1, -0.05) is 0 Å². The van der Waals surface area contributed by atoms with Crippen LogP contribution in [0.4, 0.5) is 5.82 Å². The monoisotopic (exact) mass is 339 g/mol. The van der Waals surface area contributed by atoms with E-state index in [9.17, 15) is 0 Å². The largest absolute Gasteiger partial charge is 0.480 e. The summed E-state index contributed by atoms with van der Waals surface area (Å²) in [6.07, 6.45) is 8.87. The van der Waals surface area contributed by atoms with E-state index in [0.717, 1.165) is 48.9 Å². The average molecular weight is 339 g/mol. The van der Waals surface area contributed by atoms with Crippen LogP contribution >= 0.6 is 0 Å². The highest BCUT2D eigenvalue weighted by Gasteiger charge is 2.27. The van der Waals surface area contributed by atoms with E-state index in [0.29, 0.717) is 11.9 Å². The summed E-state index contributed by atoms with van der Waals surface area (Å²) >= 11 is 0. The number of methoxy groups -OCH3 is 1. The second-order valence-electron chi connectivity index (χ2n) is 6.84. The van der Waals surface area contributed by atoms with Gasteiger partial charge in [-0.15, -0.1) is 0 Å². The van der Waals surface area contributed by atoms with Gasteiger partial charge in [0.1, 0.15) is 5.69 Å². The van der Waals surface area contributed by atoms with Crippen LogP contribution in [0.2, 0.25) is 0 Å². The highest BCUT2D eigenvalue weighted by molar-refractivity contribution is 5.74. The summed E-state index contributed by atoms with van der Waals surface area (Å²) in [6.45, 7) is 4.11. The van der Waals surface area contributed by atoms with Crippen LogP contribution in [0, 0.1) is 0 Å². The van der Waals surface area contributed by atoms with Crippen LogP contribution in [-0.4, -0.2) is 69.4 Å². The number of imidazole rings is 1. The van der Waals surface area contributed by atoms with Gasteiger partial charge in [0.25, 0.3) is 0 Å². The molecule has 0 amide bonds. The first kappa shape index (κ1) is 14.7. The molecule has 3 aromatic heterocycles. The van der Waals surface area contributed by atoms with Crippen LogP contribution in [0.25, 0.3) is 16.9 Å². The fraction of sp³-hybridized carbons (Fsp3) is 0.471. The molecule has 0 N–H and O–H groups in total. The van der Waals surface area contributed by atoms with E-state index in [4.69, 9.17) is 9.72 Å². The summed E-state index contributed by atoms with van der Waals surface area (Å²) in [5.74, 6) is 1.62. The summed E-state index contributed by atoms with van der Waals surface area (Å²) in [7, 11) is 3.80. The predicted octanol–water partition coefficient (Wildman–Crippen LogP) is 1.30. The first-order chi connectivity index (χ1) is 12.2. The van der Waals surface area contributed by atoms with Gasteiger partial charge >= 0.3 is 0 Å². The van der Waals surface area contributed by atoms with Crippen molar-refractivity contribution in [2.45, 2.75) is 12.5 Å². The minimum Gasteiger partial charge on any atom is -0.480 e. The van der Waals surface area contributed by atoms with Gasteiger partial charge in [-0.2, -0.15) is 5.10 Å². The summed E-state index contributed by atoms with van der Waals surface area (Å²) in [6, 6.07) is 0.441. The Morgan fingerprint density at radius 3 is 2.76 bits per heavy atom. The van der Waals surface area contributed by atoms with Gasteiger partial charge in [0.05, 0.1) is 19.3 Å². The van der Waals surface area contributed by atoms with Gasteiger partial charge < -0.3 is 14.5 Å². The molecule has 2 saturated heterocycles. The molecule has 0 atom stereocenters. The van der Waals surface area contributed by atoms with Crippen molar-refractivity contribution in [3.63, 3.8) is 0 Å². The van der Waals surface area contributed by atoms with Crippen molar-refractivity contribution in [1.82, 2.24) is 29.0 Å². The lowest BCUT2D eigenvalue weighted by Crippen LogP contribution is -2.45. The molecule has 0 aromatic carbocycles. The van der Waals surface area contributed by atoms with Gasteiger partial charge in [0.15, 0.2) is 11.5 Å². The maximum absolute atomic E-state index is 5.68. The third-order valence-electron chi connectivity index (χ3n) is 5.12. The average Bonchev–Trinajstić information content (AvgIpc) is 3.19. The van der Waals surface area contributed by atoms with Crippen LogP contribution in [-0.2, 0) is 0 Å². The number of hydrogen-bond donors (Lipinski definition) is 0.